The summed E-state index contributed by atoms with van der Waals surface area (Å²) in [7, 11) is -1.57. The first-order chi connectivity index (χ1) is 14.0. The summed E-state index contributed by atoms with van der Waals surface area (Å²) < 4.78 is 30.8. The quantitative estimate of drug-likeness (QED) is 0.617. The lowest BCUT2D eigenvalue weighted by atomic mass is 10.1. The molecule has 0 saturated carbocycles. The number of methoxy groups -OCH3 is 1. The number of aromatic nitrogens is 2. The Morgan fingerprint density at radius 3 is 2.62 bits per heavy atom. The van der Waals surface area contributed by atoms with E-state index in [2.05, 4.69) is 22.4 Å². The Balaban J connectivity index is 1.80. The number of sulfonamides is 1. The maximum atomic E-state index is 12.0. The van der Waals surface area contributed by atoms with Gasteiger partial charge in [-0.1, -0.05) is 30.3 Å². The van der Waals surface area contributed by atoms with E-state index in [-0.39, 0.29) is 0 Å². The molecule has 0 aliphatic carbocycles. The molecular formula is C20H24N4O3S2. The average Bonchev–Trinajstić information content (AvgIpc) is 2.95. The first-order valence-electron chi connectivity index (χ1n) is 9.50. The van der Waals surface area contributed by atoms with E-state index in [0.717, 1.165) is 40.1 Å². The Hall–Kier alpha value is -2.07. The highest BCUT2D eigenvalue weighted by molar-refractivity contribution is 7.88. The lowest BCUT2D eigenvalue weighted by Gasteiger charge is -2.23. The molecule has 1 aliphatic heterocycles. The van der Waals surface area contributed by atoms with Crippen LogP contribution in [0, 0.1) is 0 Å². The summed E-state index contributed by atoms with van der Waals surface area (Å²) in [6.07, 6.45) is 2.03. The zero-order chi connectivity index (χ0) is 20.4. The Morgan fingerprint density at radius 1 is 1.10 bits per heavy atom. The minimum Gasteiger partial charge on any atom is -0.377 e. The minimum absolute atomic E-state index is 0.338. The third kappa shape index (κ3) is 4.28. The largest absolute Gasteiger partial charge is 0.377 e. The first kappa shape index (κ1) is 20.2. The molecule has 29 heavy (non-hydrogen) atoms. The molecule has 3 aromatic rings. The molecule has 0 bridgehead atoms. The summed E-state index contributed by atoms with van der Waals surface area (Å²) >= 11 is 1.60. The van der Waals surface area contributed by atoms with E-state index >= 15 is 0 Å². The number of rotatable bonds is 5. The van der Waals surface area contributed by atoms with E-state index < -0.39 is 10.0 Å². The minimum atomic E-state index is -3.20. The van der Waals surface area contributed by atoms with Crippen LogP contribution in [0.3, 0.4) is 0 Å². The molecule has 1 aliphatic rings. The highest BCUT2D eigenvalue weighted by Crippen LogP contribution is 2.38. The van der Waals surface area contributed by atoms with Gasteiger partial charge in [-0.3, -0.25) is 0 Å². The van der Waals surface area contributed by atoms with Crippen molar-refractivity contribution in [1.29, 1.82) is 0 Å². The van der Waals surface area contributed by atoms with Gasteiger partial charge in [-0.2, -0.15) is 0 Å². The second-order valence-corrected chi connectivity index (χ2v) is 9.94. The monoisotopic (exact) mass is 432 g/mol. The van der Waals surface area contributed by atoms with Crippen LogP contribution in [-0.4, -0.2) is 62.2 Å². The van der Waals surface area contributed by atoms with E-state index in [1.807, 2.05) is 18.2 Å². The van der Waals surface area contributed by atoms with Gasteiger partial charge in [0.15, 0.2) is 5.82 Å². The number of ether oxygens (including phenoxy) is 1. The molecule has 2 aromatic heterocycles. The van der Waals surface area contributed by atoms with Crippen LogP contribution >= 0.6 is 11.3 Å². The van der Waals surface area contributed by atoms with Gasteiger partial charge in [0.25, 0.3) is 0 Å². The van der Waals surface area contributed by atoms with E-state index in [1.54, 1.807) is 22.8 Å². The molecule has 0 atom stereocenters. The SMILES string of the molecule is COCc1nc(N2CCCN(S(C)(=O)=O)CC2)c2c(-c3ccccc3)csc2n1. The van der Waals surface area contributed by atoms with E-state index in [1.165, 1.54) is 6.26 Å². The fourth-order valence-electron chi connectivity index (χ4n) is 3.66. The summed E-state index contributed by atoms with van der Waals surface area (Å²) in [4.78, 5) is 12.6. The highest BCUT2D eigenvalue weighted by Gasteiger charge is 2.25. The molecule has 0 spiro atoms. The molecule has 0 N–H and O–H groups in total. The fraction of sp³-hybridized carbons (Fsp3) is 0.400. The molecule has 154 valence electrons. The fourth-order valence-corrected chi connectivity index (χ4v) is 5.49. The summed E-state index contributed by atoms with van der Waals surface area (Å²) in [6, 6.07) is 10.2. The van der Waals surface area contributed by atoms with Crippen LogP contribution in [0.1, 0.15) is 12.2 Å². The molecule has 1 fully saturated rings. The third-order valence-corrected chi connectivity index (χ3v) is 7.22. The predicted octanol–water partition coefficient (Wildman–Crippen LogP) is 2.98. The summed E-state index contributed by atoms with van der Waals surface area (Å²) in [5, 5.41) is 3.14. The molecule has 3 heterocycles. The van der Waals surface area contributed by atoms with Crippen molar-refractivity contribution in [1.82, 2.24) is 14.3 Å². The van der Waals surface area contributed by atoms with Crippen LogP contribution < -0.4 is 4.90 Å². The first-order valence-corrected chi connectivity index (χ1v) is 12.2. The van der Waals surface area contributed by atoms with Crippen molar-refractivity contribution < 1.29 is 13.2 Å². The third-order valence-electron chi connectivity index (χ3n) is 5.04. The molecule has 1 saturated heterocycles. The van der Waals surface area contributed by atoms with Crippen LogP contribution in [0.5, 0.6) is 0 Å². The Bertz CT molecular complexity index is 1100. The van der Waals surface area contributed by atoms with Crippen LogP contribution in [0.15, 0.2) is 35.7 Å². The topological polar surface area (TPSA) is 75.6 Å². The maximum absolute atomic E-state index is 12.0. The number of benzene rings is 1. The van der Waals surface area contributed by atoms with Gasteiger partial charge in [-0.05, 0) is 12.0 Å². The van der Waals surface area contributed by atoms with E-state index in [4.69, 9.17) is 14.7 Å². The summed E-state index contributed by atoms with van der Waals surface area (Å²) in [5.41, 5.74) is 2.23. The van der Waals surface area contributed by atoms with Gasteiger partial charge in [-0.15, -0.1) is 11.3 Å². The van der Waals surface area contributed by atoms with Crippen molar-refractivity contribution in [2.45, 2.75) is 13.0 Å². The van der Waals surface area contributed by atoms with Crippen LogP contribution in [0.2, 0.25) is 0 Å². The van der Waals surface area contributed by atoms with Crippen molar-refractivity contribution >= 4 is 37.4 Å². The number of fused-ring (bicyclic) bond motifs is 1. The standard InChI is InChI=1S/C20H24N4O3S2/c1-27-13-17-21-19(23-9-6-10-24(12-11-23)29(2,25)26)18-16(14-28-20(18)22-17)15-7-4-3-5-8-15/h3-5,7-8,14H,6,9-13H2,1-2H3. The highest BCUT2D eigenvalue weighted by atomic mass is 32.2. The van der Waals surface area contributed by atoms with Crippen molar-refractivity contribution in [2.75, 3.05) is 44.4 Å². The molecule has 4 rings (SSSR count). The van der Waals surface area contributed by atoms with Gasteiger partial charge in [0.1, 0.15) is 17.3 Å². The van der Waals surface area contributed by atoms with Gasteiger partial charge in [0.05, 0.1) is 11.6 Å². The molecule has 1 aromatic carbocycles. The molecule has 9 heteroatoms. The second-order valence-electron chi connectivity index (χ2n) is 7.09. The van der Waals surface area contributed by atoms with Gasteiger partial charge >= 0.3 is 0 Å². The molecule has 0 unspecified atom stereocenters. The van der Waals surface area contributed by atoms with E-state index in [0.29, 0.717) is 32.1 Å². The zero-order valence-corrected chi connectivity index (χ0v) is 18.2. The molecule has 0 radical (unpaired) electrons. The van der Waals surface area contributed by atoms with Crippen LogP contribution in [-0.2, 0) is 21.4 Å². The maximum Gasteiger partial charge on any atom is 0.211 e. The molecule has 7 nitrogen and oxygen atoms in total. The van der Waals surface area contributed by atoms with E-state index in [9.17, 15) is 8.42 Å². The Labute approximate surface area is 175 Å². The smallest absolute Gasteiger partial charge is 0.211 e. The molecule has 0 amide bonds. The van der Waals surface area contributed by atoms with Crippen molar-refractivity contribution in [3.05, 3.63) is 41.5 Å². The van der Waals surface area contributed by atoms with Gasteiger partial charge in [-0.25, -0.2) is 22.7 Å². The van der Waals surface area contributed by atoms with Gasteiger partial charge in [0.2, 0.25) is 10.0 Å². The lowest BCUT2D eigenvalue weighted by Crippen LogP contribution is -2.34. The van der Waals surface area contributed by atoms with Gasteiger partial charge in [0, 0.05) is 44.2 Å². The van der Waals surface area contributed by atoms with Crippen LogP contribution in [0.4, 0.5) is 5.82 Å². The number of nitrogens with zero attached hydrogens (tertiary/aromatic N) is 4. The number of hydrogen-bond donors (Lipinski definition) is 0. The Kier molecular flexibility index (Phi) is 5.82. The second kappa shape index (κ2) is 8.35. The number of thiophene rings is 1. The normalized spacial score (nSPS) is 16.3. The van der Waals surface area contributed by atoms with Gasteiger partial charge < -0.3 is 9.64 Å². The molecular weight excluding hydrogens is 408 g/mol. The predicted molar refractivity (Wildman–Crippen MR) is 117 cm³/mol. The lowest BCUT2D eigenvalue weighted by molar-refractivity contribution is 0.178. The number of anilines is 1. The van der Waals surface area contributed by atoms with Crippen molar-refractivity contribution in [2.24, 2.45) is 0 Å². The van der Waals surface area contributed by atoms with Crippen LogP contribution in [0.25, 0.3) is 21.3 Å². The summed E-state index contributed by atoms with van der Waals surface area (Å²) in [5.74, 6) is 1.50. The number of hydrogen-bond acceptors (Lipinski definition) is 7. The zero-order valence-electron chi connectivity index (χ0n) is 16.5. The average molecular weight is 433 g/mol. The summed E-state index contributed by atoms with van der Waals surface area (Å²) in [6.45, 7) is 2.66. The van der Waals surface area contributed by atoms with Crippen molar-refractivity contribution in [3.63, 3.8) is 0 Å². The Morgan fingerprint density at radius 2 is 1.90 bits per heavy atom. The van der Waals surface area contributed by atoms with Crippen molar-refractivity contribution in [3.8, 4) is 11.1 Å².